The van der Waals surface area contributed by atoms with E-state index in [9.17, 15) is 4.79 Å². The van der Waals surface area contributed by atoms with Gasteiger partial charge in [0.15, 0.2) is 0 Å². The van der Waals surface area contributed by atoms with Gasteiger partial charge in [-0.1, -0.05) is 13.8 Å². The monoisotopic (exact) mass is 288 g/mol. The van der Waals surface area contributed by atoms with Gasteiger partial charge in [0, 0.05) is 11.0 Å². The predicted molar refractivity (Wildman–Crippen MR) is 67.2 cm³/mol. The van der Waals surface area contributed by atoms with Gasteiger partial charge in [0.1, 0.15) is 0 Å². The first-order valence-corrected chi connectivity index (χ1v) is 6.23. The minimum atomic E-state index is -0.888. The number of hydrogen-bond donors (Lipinski definition) is 1. The third-order valence-electron chi connectivity index (χ3n) is 2.04. The van der Waals surface area contributed by atoms with Crippen molar-refractivity contribution >= 4 is 38.8 Å². The van der Waals surface area contributed by atoms with Crippen LogP contribution < -0.4 is 0 Å². The van der Waals surface area contributed by atoms with Crippen LogP contribution >= 0.6 is 27.3 Å². The Hall–Kier alpha value is -0.610. The molecule has 0 spiro atoms. The summed E-state index contributed by atoms with van der Waals surface area (Å²) in [5.41, 5.74) is 2.02. The summed E-state index contributed by atoms with van der Waals surface area (Å²) >= 11 is 5.02. The summed E-state index contributed by atoms with van der Waals surface area (Å²) in [6, 6.07) is 2.02. The molecule has 0 bridgehead atoms. The number of carbonyl (C=O) groups is 1. The normalized spacial score (nSPS) is 12.2. The third-order valence-corrected chi connectivity index (χ3v) is 4.23. The third kappa shape index (κ3) is 3.18. The molecule has 0 unspecified atom stereocenters. The van der Waals surface area contributed by atoms with Gasteiger partial charge in [-0.3, -0.25) is 0 Å². The molecule has 0 amide bonds. The van der Waals surface area contributed by atoms with Crippen molar-refractivity contribution in [2.45, 2.75) is 20.8 Å². The molecule has 0 aromatic carbocycles. The van der Waals surface area contributed by atoms with E-state index < -0.39 is 5.97 Å². The van der Waals surface area contributed by atoms with E-state index in [1.165, 1.54) is 6.08 Å². The lowest BCUT2D eigenvalue weighted by Gasteiger charge is -2.07. The van der Waals surface area contributed by atoms with Crippen LogP contribution in [-0.4, -0.2) is 11.1 Å². The van der Waals surface area contributed by atoms with Gasteiger partial charge in [0.05, 0.1) is 3.79 Å². The van der Waals surface area contributed by atoms with Crippen molar-refractivity contribution in [2.75, 3.05) is 0 Å². The molecule has 1 aromatic rings. The summed E-state index contributed by atoms with van der Waals surface area (Å²) in [4.78, 5) is 11.7. The zero-order valence-electron chi connectivity index (χ0n) is 8.87. The van der Waals surface area contributed by atoms with Crippen molar-refractivity contribution in [3.05, 3.63) is 26.4 Å². The van der Waals surface area contributed by atoms with Gasteiger partial charge < -0.3 is 5.11 Å². The fourth-order valence-corrected chi connectivity index (χ4v) is 2.96. The minimum absolute atomic E-state index is 0.214. The molecule has 1 rings (SSSR count). The zero-order chi connectivity index (χ0) is 11.6. The van der Waals surface area contributed by atoms with Crippen molar-refractivity contribution in [1.29, 1.82) is 0 Å². The molecule has 0 saturated carbocycles. The molecular formula is C11H13BrO2S. The fourth-order valence-electron chi connectivity index (χ4n) is 1.26. The Labute approximate surface area is 102 Å². The van der Waals surface area contributed by atoms with Crippen LogP contribution in [0.4, 0.5) is 0 Å². The molecule has 0 aliphatic rings. The summed E-state index contributed by atoms with van der Waals surface area (Å²) in [7, 11) is 0. The molecule has 0 fully saturated rings. The van der Waals surface area contributed by atoms with Crippen LogP contribution in [0.2, 0.25) is 0 Å². The number of thiophene rings is 1. The first-order valence-electron chi connectivity index (χ1n) is 4.62. The number of allylic oxidation sites excluding steroid dienone is 1. The topological polar surface area (TPSA) is 37.3 Å². The minimum Gasteiger partial charge on any atom is -0.478 e. The Bertz CT molecular complexity index is 385. The van der Waals surface area contributed by atoms with Crippen molar-refractivity contribution in [3.8, 4) is 0 Å². The highest BCUT2D eigenvalue weighted by Crippen LogP contribution is 2.34. The van der Waals surface area contributed by atoms with E-state index in [0.29, 0.717) is 0 Å². The van der Waals surface area contributed by atoms with Crippen molar-refractivity contribution in [2.24, 2.45) is 5.92 Å². The molecule has 0 saturated heterocycles. The highest BCUT2D eigenvalue weighted by Gasteiger charge is 2.12. The van der Waals surface area contributed by atoms with E-state index in [2.05, 4.69) is 15.9 Å². The van der Waals surface area contributed by atoms with Gasteiger partial charge in [0.2, 0.25) is 0 Å². The highest BCUT2D eigenvalue weighted by molar-refractivity contribution is 9.11. The second kappa shape index (κ2) is 4.94. The average Bonchev–Trinajstić information content (AvgIpc) is 2.42. The van der Waals surface area contributed by atoms with Crippen LogP contribution in [0.25, 0.3) is 5.57 Å². The number of rotatable bonds is 3. The van der Waals surface area contributed by atoms with Crippen LogP contribution in [0.5, 0.6) is 0 Å². The second-order valence-electron chi connectivity index (χ2n) is 3.66. The Morgan fingerprint density at radius 2 is 2.20 bits per heavy atom. The zero-order valence-corrected chi connectivity index (χ0v) is 11.3. The molecule has 1 aromatic heterocycles. The number of carboxylic acids is 1. The lowest BCUT2D eigenvalue weighted by Crippen LogP contribution is -1.96. The quantitative estimate of drug-likeness (QED) is 0.856. The maximum absolute atomic E-state index is 10.7. The van der Waals surface area contributed by atoms with Gasteiger partial charge in [-0.05, 0) is 46.0 Å². The van der Waals surface area contributed by atoms with Crippen LogP contribution in [0, 0.1) is 12.8 Å². The van der Waals surface area contributed by atoms with Crippen LogP contribution in [0.3, 0.4) is 0 Å². The maximum atomic E-state index is 10.7. The van der Waals surface area contributed by atoms with Gasteiger partial charge in [-0.2, -0.15) is 0 Å². The predicted octanol–water partition coefficient (Wildman–Crippen LogP) is 3.94. The summed E-state index contributed by atoms with van der Waals surface area (Å²) in [5, 5.41) is 8.79. The van der Waals surface area contributed by atoms with E-state index in [1.54, 1.807) is 11.3 Å². The summed E-state index contributed by atoms with van der Waals surface area (Å²) in [6.45, 7) is 6.00. The first kappa shape index (κ1) is 12.5. The standard InChI is InChI=1S/C11H13BrO2S/c1-6(2)8(5-10(13)14)9-4-7(3)11(12)15-9/h4-6H,1-3H3,(H,13,14)/b8-5+. The molecular weight excluding hydrogens is 276 g/mol. The SMILES string of the molecule is Cc1cc(/C(=C/C(=O)O)C(C)C)sc1Br. The van der Waals surface area contributed by atoms with E-state index in [0.717, 1.165) is 19.8 Å². The Morgan fingerprint density at radius 3 is 2.53 bits per heavy atom. The van der Waals surface area contributed by atoms with Gasteiger partial charge in [0.25, 0.3) is 0 Å². The van der Waals surface area contributed by atoms with E-state index in [4.69, 9.17) is 5.11 Å². The van der Waals surface area contributed by atoms with Gasteiger partial charge in [-0.25, -0.2) is 4.79 Å². The number of aryl methyl sites for hydroxylation is 1. The maximum Gasteiger partial charge on any atom is 0.328 e. The average molecular weight is 289 g/mol. The molecule has 0 radical (unpaired) electrons. The summed E-state index contributed by atoms with van der Waals surface area (Å²) in [5.74, 6) is -0.674. The van der Waals surface area contributed by atoms with E-state index >= 15 is 0 Å². The van der Waals surface area contributed by atoms with Crippen molar-refractivity contribution in [3.63, 3.8) is 0 Å². The smallest absolute Gasteiger partial charge is 0.328 e. The molecule has 1 N–H and O–H groups in total. The molecule has 1 heterocycles. The second-order valence-corrected chi connectivity index (χ2v) is 6.03. The van der Waals surface area contributed by atoms with Gasteiger partial charge >= 0.3 is 5.97 Å². The molecule has 15 heavy (non-hydrogen) atoms. The molecule has 0 aliphatic carbocycles. The van der Waals surface area contributed by atoms with Gasteiger partial charge in [-0.15, -0.1) is 11.3 Å². The Balaban J connectivity index is 3.16. The highest BCUT2D eigenvalue weighted by atomic mass is 79.9. The van der Waals surface area contributed by atoms with Crippen LogP contribution in [0.1, 0.15) is 24.3 Å². The lowest BCUT2D eigenvalue weighted by molar-refractivity contribution is -0.131. The Kier molecular flexibility index (Phi) is 4.11. The number of carboxylic acid groups (broad SMARTS) is 1. The number of hydrogen-bond acceptors (Lipinski definition) is 2. The number of aliphatic carboxylic acids is 1. The first-order chi connectivity index (χ1) is 6.91. The largest absolute Gasteiger partial charge is 0.478 e. The molecule has 2 nitrogen and oxygen atoms in total. The van der Waals surface area contributed by atoms with Crippen molar-refractivity contribution in [1.82, 2.24) is 0 Å². The summed E-state index contributed by atoms with van der Waals surface area (Å²) < 4.78 is 1.06. The summed E-state index contributed by atoms with van der Waals surface area (Å²) in [6.07, 6.45) is 1.29. The van der Waals surface area contributed by atoms with E-state index in [-0.39, 0.29) is 5.92 Å². The van der Waals surface area contributed by atoms with E-state index in [1.807, 2.05) is 26.8 Å². The van der Waals surface area contributed by atoms with Crippen molar-refractivity contribution < 1.29 is 9.90 Å². The molecule has 0 atom stereocenters. The van der Waals surface area contributed by atoms with Crippen LogP contribution in [0.15, 0.2) is 15.9 Å². The van der Waals surface area contributed by atoms with Crippen LogP contribution in [-0.2, 0) is 4.79 Å². The Morgan fingerprint density at radius 1 is 1.60 bits per heavy atom. The molecule has 82 valence electrons. The molecule has 0 aliphatic heterocycles. The molecule has 4 heteroatoms. The number of halogens is 1. The fraction of sp³-hybridized carbons (Fsp3) is 0.364. The lowest BCUT2D eigenvalue weighted by atomic mass is 10.0.